The Balaban J connectivity index is 1.63. The van der Waals surface area contributed by atoms with Crippen molar-refractivity contribution in [3.8, 4) is 0 Å². The van der Waals surface area contributed by atoms with Crippen LogP contribution in [-0.2, 0) is 17.9 Å². The lowest BCUT2D eigenvalue weighted by Crippen LogP contribution is -2.41. The zero-order chi connectivity index (χ0) is 14.8. The summed E-state index contributed by atoms with van der Waals surface area (Å²) in [6.07, 6.45) is 0.503. The number of nitro groups is 1. The first kappa shape index (κ1) is 14.3. The number of nitro benzene ring substituents is 1. The maximum atomic E-state index is 12.3. The van der Waals surface area contributed by atoms with Crippen molar-refractivity contribution in [1.82, 2.24) is 10.2 Å². The van der Waals surface area contributed by atoms with Crippen molar-refractivity contribution in [1.29, 1.82) is 0 Å². The summed E-state index contributed by atoms with van der Waals surface area (Å²) >= 11 is 1.87. The molecule has 2 heterocycles. The predicted octanol–water partition coefficient (Wildman–Crippen LogP) is 1.53. The maximum absolute atomic E-state index is 12.3. The average molecular weight is 307 g/mol. The number of hydrogen-bond donors (Lipinski definition) is 1. The molecule has 0 saturated carbocycles. The molecule has 0 spiro atoms. The number of carbonyl (C=O) groups excluding carboxylic acids is 1. The molecule has 1 saturated heterocycles. The number of thioether (sulfide) groups is 1. The predicted molar refractivity (Wildman–Crippen MR) is 81.1 cm³/mol. The van der Waals surface area contributed by atoms with Crippen LogP contribution in [0.4, 0.5) is 5.69 Å². The van der Waals surface area contributed by atoms with Gasteiger partial charge in [0.25, 0.3) is 5.69 Å². The average Bonchev–Trinajstić information content (AvgIpc) is 2.91. The number of non-ortho nitro benzene ring substituents is 1. The largest absolute Gasteiger partial charge is 0.334 e. The minimum absolute atomic E-state index is 0.0911. The van der Waals surface area contributed by atoms with Crippen LogP contribution in [0.5, 0.6) is 0 Å². The minimum atomic E-state index is -0.395. The lowest BCUT2D eigenvalue weighted by molar-refractivity contribution is -0.384. The Morgan fingerprint density at radius 3 is 2.95 bits per heavy atom. The highest BCUT2D eigenvalue weighted by Gasteiger charge is 2.27. The van der Waals surface area contributed by atoms with Gasteiger partial charge in [-0.05, 0) is 11.1 Å². The van der Waals surface area contributed by atoms with E-state index in [1.807, 2.05) is 11.8 Å². The van der Waals surface area contributed by atoms with Gasteiger partial charge in [0, 0.05) is 55.7 Å². The van der Waals surface area contributed by atoms with Crippen molar-refractivity contribution in [3.05, 3.63) is 39.4 Å². The molecule has 0 aromatic heterocycles. The lowest BCUT2D eigenvalue weighted by atomic mass is 10.1. The molecule has 0 radical (unpaired) electrons. The number of nitrogens with zero attached hydrogens (tertiary/aromatic N) is 2. The molecule has 0 bridgehead atoms. The van der Waals surface area contributed by atoms with Gasteiger partial charge in [-0.3, -0.25) is 14.9 Å². The third kappa shape index (κ3) is 3.19. The van der Waals surface area contributed by atoms with E-state index in [1.54, 1.807) is 17.0 Å². The Labute approximate surface area is 127 Å². The number of rotatable bonds is 3. The number of carbonyl (C=O) groups is 1. The van der Waals surface area contributed by atoms with E-state index in [2.05, 4.69) is 5.32 Å². The first-order valence-corrected chi connectivity index (χ1v) is 8.14. The highest BCUT2D eigenvalue weighted by Crippen LogP contribution is 2.27. The van der Waals surface area contributed by atoms with Gasteiger partial charge in [-0.1, -0.05) is 6.07 Å². The highest BCUT2D eigenvalue weighted by atomic mass is 32.2. The lowest BCUT2D eigenvalue weighted by Gasteiger charge is -2.25. The second kappa shape index (κ2) is 6.03. The molecule has 112 valence electrons. The molecular formula is C14H17N3O3S. The van der Waals surface area contributed by atoms with Crippen LogP contribution in [0.25, 0.3) is 0 Å². The standard InChI is InChI=1S/C14H17N3O3S/c18-14(6-12-9-21-4-3-15-12)16-7-10-1-2-13(17(19)20)5-11(10)8-16/h1-2,5,12,15H,3-4,6-9H2/t12-/m1/s1. The van der Waals surface area contributed by atoms with Crippen molar-refractivity contribution in [2.75, 3.05) is 18.1 Å². The fourth-order valence-electron chi connectivity index (χ4n) is 2.76. The van der Waals surface area contributed by atoms with Crippen molar-refractivity contribution in [2.24, 2.45) is 0 Å². The highest BCUT2D eigenvalue weighted by molar-refractivity contribution is 7.99. The van der Waals surface area contributed by atoms with E-state index < -0.39 is 4.92 Å². The van der Waals surface area contributed by atoms with Gasteiger partial charge in [0.1, 0.15) is 0 Å². The molecule has 1 aromatic rings. The van der Waals surface area contributed by atoms with Crippen LogP contribution in [0.3, 0.4) is 0 Å². The van der Waals surface area contributed by atoms with Gasteiger partial charge >= 0.3 is 0 Å². The summed E-state index contributed by atoms with van der Waals surface area (Å²) in [6.45, 7) is 2.00. The number of hydrogen-bond acceptors (Lipinski definition) is 5. The first-order chi connectivity index (χ1) is 10.1. The van der Waals surface area contributed by atoms with Gasteiger partial charge in [0.05, 0.1) is 4.92 Å². The van der Waals surface area contributed by atoms with Crippen LogP contribution < -0.4 is 5.32 Å². The Hall–Kier alpha value is -1.60. The minimum Gasteiger partial charge on any atom is -0.334 e. The van der Waals surface area contributed by atoms with E-state index in [1.165, 1.54) is 6.07 Å². The van der Waals surface area contributed by atoms with Crippen molar-refractivity contribution < 1.29 is 9.72 Å². The normalized spacial score (nSPS) is 21.1. The molecule has 1 N–H and O–H groups in total. The van der Waals surface area contributed by atoms with E-state index in [0.717, 1.165) is 29.2 Å². The molecular weight excluding hydrogens is 290 g/mol. The van der Waals surface area contributed by atoms with Gasteiger partial charge in [0.2, 0.25) is 5.91 Å². The summed E-state index contributed by atoms with van der Waals surface area (Å²) in [5, 5.41) is 14.2. The Morgan fingerprint density at radius 2 is 2.24 bits per heavy atom. The molecule has 2 aliphatic heterocycles. The SMILES string of the molecule is O=C(C[C@@H]1CSCCN1)N1Cc2ccc([N+](=O)[O-])cc2C1. The van der Waals surface area contributed by atoms with E-state index in [-0.39, 0.29) is 17.6 Å². The Kier molecular flexibility index (Phi) is 4.12. The molecule has 3 rings (SSSR count). The number of amides is 1. The van der Waals surface area contributed by atoms with Gasteiger partial charge in [-0.2, -0.15) is 11.8 Å². The monoisotopic (exact) mass is 307 g/mol. The zero-order valence-corrected chi connectivity index (χ0v) is 12.4. The molecule has 0 unspecified atom stereocenters. The van der Waals surface area contributed by atoms with Crippen molar-refractivity contribution >= 4 is 23.4 Å². The Morgan fingerprint density at radius 1 is 1.43 bits per heavy atom. The van der Waals surface area contributed by atoms with E-state index in [9.17, 15) is 14.9 Å². The van der Waals surface area contributed by atoms with Gasteiger partial charge in [-0.15, -0.1) is 0 Å². The fourth-order valence-corrected chi connectivity index (χ4v) is 3.71. The summed E-state index contributed by atoms with van der Waals surface area (Å²) in [5.74, 6) is 2.19. The third-order valence-corrected chi connectivity index (χ3v) is 5.03. The van der Waals surface area contributed by atoms with Crippen molar-refractivity contribution in [2.45, 2.75) is 25.6 Å². The first-order valence-electron chi connectivity index (χ1n) is 6.98. The molecule has 1 amide bonds. The van der Waals surface area contributed by atoms with E-state index in [4.69, 9.17) is 0 Å². The summed E-state index contributed by atoms with van der Waals surface area (Å²) < 4.78 is 0. The quantitative estimate of drug-likeness (QED) is 0.677. The van der Waals surface area contributed by atoms with Crippen LogP contribution in [0.15, 0.2) is 18.2 Å². The van der Waals surface area contributed by atoms with Crippen LogP contribution in [0.1, 0.15) is 17.5 Å². The maximum Gasteiger partial charge on any atom is 0.269 e. The van der Waals surface area contributed by atoms with Crippen LogP contribution in [-0.4, -0.2) is 39.8 Å². The van der Waals surface area contributed by atoms with E-state index in [0.29, 0.717) is 19.5 Å². The molecule has 6 nitrogen and oxygen atoms in total. The molecule has 21 heavy (non-hydrogen) atoms. The van der Waals surface area contributed by atoms with Gasteiger partial charge in [0.15, 0.2) is 0 Å². The molecule has 1 aromatic carbocycles. The summed E-state index contributed by atoms with van der Waals surface area (Å²) in [7, 11) is 0. The van der Waals surface area contributed by atoms with Crippen LogP contribution in [0, 0.1) is 10.1 Å². The molecule has 0 aliphatic carbocycles. The summed E-state index contributed by atoms with van der Waals surface area (Å²) in [4.78, 5) is 24.5. The summed E-state index contributed by atoms with van der Waals surface area (Å²) in [6, 6.07) is 5.09. The topological polar surface area (TPSA) is 75.5 Å². The van der Waals surface area contributed by atoms with Crippen LogP contribution >= 0.6 is 11.8 Å². The van der Waals surface area contributed by atoms with Crippen LogP contribution in [0.2, 0.25) is 0 Å². The smallest absolute Gasteiger partial charge is 0.269 e. The third-order valence-electron chi connectivity index (χ3n) is 3.90. The molecule has 1 fully saturated rings. The zero-order valence-electron chi connectivity index (χ0n) is 11.6. The van der Waals surface area contributed by atoms with Crippen molar-refractivity contribution in [3.63, 3.8) is 0 Å². The number of fused-ring (bicyclic) bond motifs is 1. The second-order valence-electron chi connectivity index (χ2n) is 5.39. The number of nitrogens with one attached hydrogen (secondary N) is 1. The Bertz CT molecular complexity index is 573. The summed E-state index contributed by atoms with van der Waals surface area (Å²) in [5.41, 5.74) is 2.00. The van der Waals surface area contributed by atoms with Gasteiger partial charge < -0.3 is 10.2 Å². The molecule has 2 aliphatic rings. The molecule has 7 heteroatoms. The second-order valence-corrected chi connectivity index (χ2v) is 6.54. The molecule has 1 atom stereocenters. The van der Waals surface area contributed by atoms with E-state index >= 15 is 0 Å². The fraction of sp³-hybridized carbons (Fsp3) is 0.500. The number of benzene rings is 1. The van der Waals surface area contributed by atoms with Gasteiger partial charge in [-0.25, -0.2) is 0 Å².